The Labute approximate surface area is 710 Å². The maximum atomic E-state index is 8.95. The first kappa shape index (κ1) is 76.7. The molecule has 15 aromatic carbocycles. The van der Waals surface area contributed by atoms with E-state index in [-0.39, 0.29) is 0 Å². The number of nitrogens with one attached hydrogen (secondary N) is 1. The van der Waals surface area contributed by atoms with E-state index in [1.807, 2.05) is 91.0 Å². The lowest BCUT2D eigenvalue weighted by atomic mass is 10.1. The van der Waals surface area contributed by atoms with Gasteiger partial charge < -0.3 is 18.7 Å². The number of para-hydroxylation sites is 8. The summed E-state index contributed by atoms with van der Waals surface area (Å²) in [6, 6.07) is 127. The molecule has 0 atom stereocenters. The highest BCUT2D eigenvalue weighted by Crippen LogP contribution is 2.39. The average molecular weight is 1820 g/mol. The van der Waals surface area contributed by atoms with Crippen LogP contribution in [-0.4, -0.2) is 61.6 Å². The maximum absolute atomic E-state index is 8.95. The molecule has 0 amide bonds. The molecule has 0 radical (unpaired) electrons. The zero-order valence-corrected chi connectivity index (χ0v) is 69.6. The average Bonchev–Trinajstić information content (AvgIpc) is 1.60. The maximum Gasteiger partial charge on any atom is 0.353 e. The fraction of sp³-hybridized carbons (Fsp3) is 0. The Hall–Kier alpha value is -12.9. The van der Waals surface area contributed by atoms with Crippen molar-refractivity contribution in [2.45, 2.75) is 0 Å². The fourth-order valence-corrected chi connectivity index (χ4v) is 16.3. The van der Waals surface area contributed by atoms with Crippen LogP contribution in [0.3, 0.4) is 0 Å². The summed E-state index contributed by atoms with van der Waals surface area (Å²) in [6.07, 6.45) is 0. The first-order valence-electron chi connectivity index (χ1n) is 37.0. The standard InChI is InChI=1S/C57H36N6.C21H12Br3N3.C12H9N.C7H4BrN.ClHO3S/c1-7-28-49-43(22-1)44-23-2-8-29-50(44)61(49)40-19-13-16-37(34-40)55-58-56(38-17-14-20-41(35-38)62-51-30-9-3-24-45(51)46-25-4-10-31-52(46)62)60-57(59-55)39-18-15-21-42(36-39)63-53-32-11-5-26-47(53)48-27-6-12-33-54(48)63;22-16-7-1-4-13(10-16)19-25-20(14-5-2-8-17(23)11-14)27-21(26-19)15-6-3-9-18(24)12-15;1-3-7-11-9(5-1)10-6-2-4-8-12(10)13-11;8-7-3-1-2-6(4-7)5-9;1-5(2,3)4/h1-36H;1-12H;1-8,13H;1-4H;(H,2,3,4). The molecule has 0 fully saturated rings. The first-order chi connectivity index (χ1) is 57.1. The van der Waals surface area contributed by atoms with E-state index >= 15 is 0 Å². The van der Waals surface area contributed by atoms with Gasteiger partial charge >= 0.3 is 9.33 Å². The van der Waals surface area contributed by atoms with Gasteiger partial charge in [-0.3, -0.25) is 4.55 Å². The second-order valence-electron chi connectivity index (χ2n) is 27.2. The molecule has 117 heavy (non-hydrogen) atoms. The number of H-pyrrole nitrogens is 1. The van der Waals surface area contributed by atoms with Gasteiger partial charge in [-0.1, -0.05) is 288 Å². The molecule has 14 nitrogen and oxygen atoms in total. The smallest absolute Gasteiger partial charge is 0.353 e. The van der Waals surface area contributed by atoms with Crippen molar-refractivity contribution in [1.82, 2.24) is 48.6 Å². The van der Waals surface area contributed by atoms with E-state index in [4.69, 9.17) is 48.1 Å². The Morgan fingerprint density at radius 2 is 0.496 bits per heavy atom. The predicted octanol–water partition coefficient (Wildman–Crippen LogP) is 27.0. The van der Waals surface area contributed by atoms with Gasteiger partial charge in [-0.25, -0.2) is 29.9 Å². The highest BCUT2D eigenvalue weighted by molar-refractivity contribution is 9.11. The van der Waals surface area contributed by atoms with E-state index in [1.165, 1.54) is 54.1 Å². The molecule has 0 aliphatic heterocycles. The van der Waals surface area contributed by atoms with Crippen LogP contribution >= 0.6 is 74.4 Å². The minimum atomic E-state index is -4.19. The summed E-state index contributed by atoms with van der Waals surface area (Å²) in [7, 11) is -0.137. The van der Waals surface area contributed by atoms with E-state index < -0.39 is 9.33 Å². The zero-order valence-electron chi connectivity index (χ0n) is 61.7. The molecule has 0 saturated carbocycles. The highest BCUT2D eigenvalue weighted by Gasteiger charge is 2.21. The second kappa shape index (κ2) is 33.9. The molecular weight excluding hydrogens is 1750 g/mol. The van der Waals surface area contributed by atoms with Crippen molar-refractivity contribution < 1.29 is 13.0 Å². The van der Waals surface area contributed by atoms with Crippen molar-refractivity contribution >= 4 is 171 Å². The number of nitriles is 1. The highest BCUT2D eigenvalue weighted by atomic mass is 79.9. The van der Waals surface area contributed by atoms with Crippen molar-refractivity contribution in [2.24, 2.45) is 0 Å². The largest absolute Gasteiger partial charge is 0.355 e. The summed E-state index contributed by atoms with van der Waals surface area (Å²) >= 11 is 13.8. The van der Waals surface area contributed by atoms with Gasteiger partial charge in [-0.05, 0) is 140 Å². The summed E-state index contributed by atoms with van der Waals surface area (Å²) in [5, 5.41) is 18.3. The molecular formula is C97H62Br4ClN11O3S. The Kier molecular flexibility index (Phi) is 22.2. The predicted molar refractivity (Wildman–Crippen MR) is 490 cm³/mol. The van der Waals surface area contributed by atoms with Crippen LogP contribution in [0.15, 0.2) is 382 Å². The van der Waals surface area contributed by atoms with Gasteiger partial charge in [0.1, 0.15) is 0 Å². The Balaban J connectivity index is 0.000000147. The van der Waals surface area contributed by atoms with Crippen molar-refractivity contribution in [3.05, 3.63) is 387 Å². The normalized spacial score (nSPS) is 11.2. The number of aromatic amines is 1. The van der Waals surface area contributed by atoms with Crippen LogP contribution < -0.4 is 0 Å². The number of fused-ring (bicyclic) bond motifs is 12. The van der Waals surface area contributed by atoms with Gasteiger partial charge in [0.2, 0.25) is 0 Å². The Bertz CT molecular complexity index is 6740. The molecule has 0 aliphatic carbocycles. The summed E-state index contributed by atoms with van der Waals surface area (Å²) in [5.74, 6) is 3.70. The first-order valence-corrected chi connectivity index (χ1v) is 42.4. The summed E-state index contributed by atoms with van der Waals surface area (Å²) in [6.45, 7) is 0. The van der Waals surface area contributed by atoms with Crippen LogP contribution in [0.4, 0.5) is 0 Å². The quantitative estimate of drug-likeness (QED) is 0.104. The van der Waals surface area contributed by atoms with Crippen molar-refractivity contribution in [2.75, 3.05) is 0 Å². The van der Waals surface area contributed by atoms with Gasteiger partial charge in [-0.2, -0.15) is 13.7 Å². The topological polar surface area (TPSA) is 186 Å². The van der Waals surface area contributed by atoms with Crippen LogP contribution in [0.25, 0.3) is 173 Å². The number of rotatable bonds is 9. The molecule has 564 valence electrons. The number of hydrogen-bond donors (Lipinski definition) is 2. The fourth-order valence-electron chi connectivity index (χ4n) is 14.7. The van der Waals surface area contributed by atoms with Crippen LogP contribution in [-0.2, 0) is 9.33 Å². The van der Waals surface area contributed by atoms with Crippen molar-refractivity contribution in [1.29, 1.82) is 5.26 Å². The van der Waals surface area contributed by atoms with E-state index in [0.717, 1.165) is 101 Å². The van der Waals surface area contributed by atoms with Crippen LogP contribution in [0.2, 0.25) is 0 Å². The van der Waals surface area contributed by atoms with Gasteiger partial charge in [0.05, 0.1) is 44.7 Å². The van der Waals surface area contributed by atoms with Crippen LogP contribution in [0.1, 0.15) is 5.56 Å². The van der Waals surface area contributed by atoms with Crippen molar-refractivity contribution in [3.63, 3.8) is 0 Å². The number of halogens is 5. The molecule has 0 spiro atoms. The van der Waals surface area contributed by atoms with Gasteiger partial charge in [0.25, 0.3) is 0 Å². The van der Waals surface area contributed by atoms with Crippen molar-refractivity contribution in [3.8, 4) is 91.5 Å². The molecule has 6 heterocycles. The monoisotopic (exact) mass is 1810 g/mol. The summed E-state index contributed by atoms with van der Waals surface area (Å²) in [5.41, 5.74) is 18.6. The van der Waals surface area contributed by atoms with Gasteiger partial charge in [0, 0.05) is 133 Å². The van der Waals surface area contributed by atoms with Gasteiger partial charge in [0.15, 0.2) is 34.9 Å². The third-order valence-electron chi connectivity index (χ3n) is 19.7. The summed E-state index contributed by atoms with van der Waals surface area (Å²) in [4.78, 5) is 33.5. The second-order valence-corrected chi connectivity index (χ2v) is 32.8. The Morgan fingerprint density at radius 3 is 0.735 bits per heavy atom. The lowest BCUT2D eigenvalue weighted by molar-refractivity contribution is 0.501. The third-order valence-corrected chi connectivity index (χ3v) is 21.7. The molecule has 0 aliphatic rings. The SMILES string of the molecule is Brc1cccc(-c2nc(-c3cccc(Br)c3)nc(-c3cccc(Br)c3)n2)c1.N#Cc1cccc(Br)c1.O=S(=O)(O)Cl.c1cc(-c2nc(-c3cccc(-n4c5ccccc5c5ccccc54)c3)nc(-c3cccc(-n4c5ccccc5c5ccccc54)c3)n2)cc(-n2c3ccccc3c3ccccc32)c1.c1ccc2c(c1)[nH]c1ccccc12. The zero-order chi connectivity index (χ0) is 80.1. The Morgan fingerprint density at radius 1 is 0.282 bits per heavy atom. The van der Waals surface area contributed by atoms with E-state index in [1.54, 1.807) is 12.1 Å². The lowest BCUT2D eigenvalue weighted by Crippen LogP contribution is -2.02. The molecule has 2 N–H and O–H groups in total. The molecule has 20 heteroatoms. The summed E-state index contributed by atoms with van der Waals surface area (Å²) < 4.78 is 36.1. The van der Waals surface area contributed by atoms with E-state index in [2.05, 4.69) is 360 Å². The number of aromatic nitrogens is 10. The van der Waals surface area contributed by atoms with Crippen LogP contribution in [0.5, 0.6) is 0 Å². The molecule has 0 saturated heterocycles. The number of hydrogen-bond acceptors (Lipinski definition) is 9. The molecule has 21 aromatic rings. The molecule has 0 bridgehead atoms. The molecule has 0 unspecified atom stereocenters. The van der Waals surface area contributed by atoms with Gasteiger partial charge in [-0.15, -0.1) is 0 Å². The third kappa shape index (κ3) is 16.7. The minimum absolute atomic E-state index is 0.599. The molecule has 6 aromatic heterocycles. The van der Waals surface area contributed by atoms with E-state index in [9.17, 15) is 0 Å². The molecule has 21 rings (SSSR count). The van der Waals surface area contributed by atoms with E-state index in [0.29, 0.717) is 40.5 Å². The minimum Gasteiger partial charge on any atom is -0.355 e. The number of nitrogens with zero attached hydrogens (tertiary/aromatic N) is 10. The lowest BCUT2D eigenvalue weighted by Gasteiger charge is -2.13. The van der Waals surface area contributed by atoms with Crippen LogP contribution in [0, 0.1) is 11.3 Å². The number of benzene rings is 15.